The summed E-state index contributed by atoms with van der Waals surface area (Å²) in [6.07, 6.45) is 4.62. The summed E-state index contributed by atoms with van der Waals surface area (Å²) in [6.45, 7) is 3.38. The Labute approximate surface area is 143 Å². The number of nitrogens with zero attached hydrogens (tertiary/aromatic N) is 2. The van der Waals surface area contributed by atoms with E-state index in [1.165, 1.54) is 5.56 Å². The van der Waals surface area contributed by atoms with Crippen LogP contribution < -0.4 is 10.2 Å². The predicted octanol–water partition coefficient (Wildman–Crippen LogP) is 1.88. The summed E-state index contributed by atoms with van der Waals surface area (Å²) in [5, 5.41) is 3.32. The number of carbonyl (C=O) groups is 2. The van der Waals surface area contributed by atoms with Gasteiger partial charge in [-0.25, -0.2) is 0 Å². The lowest BCUT2D eigenvalue weighted by Gasteiger charge is -2.22. The minimum atomic E-state index is -0.0306. The first kappa shape index (κ1) is 15.6. The minimum absolute atomic E-state index is 0.0306. The maximum atomic E-state index is 12.9. The second-order valence-electron chi connectivity index (χ2n) is 7.13. The van der Waals surface area contributed by atoms with Crippen molar-refractivity contribution in [3.63, 3.8) is 0 Å². The third-order valence-electron chi connectivity index (χ3n) is 5.61. The topological polar surface area (TPSA) is 52.7 Å². The van der Waals surface area contributed by atoms with Gasteiger partial charge in [-0.2, -0.15) is 0 Å². The van der Waals surface area contributed by atoms with E-state index in [1.54, 1.807) is 0 Å². The normalized spacial score (nSPS) is 26.2. The zero-order chi connectivity index (χ0) is 16.5. The molecule has 2 saturated heterocycles. The van der Waals surface area contributed by atoms with Crippen LogP contribution in [0.5, 0.6) is 0 Å². The van der Waals surface area contributed by atoms with Crippen LogP contribution in [0.3, 0.4) is 0 Å². The molecule has 2 amide bonds. The van der Waals surface area contributed by atoms with Crippen LogP contribution >= 0.6 is 0 Å². The second-order valence-corrected chi connectivity index (χ2v) is 7.13. The van der Waals surface area contributed by atoms with Gasteiger partial charge in [0.25, 0.3) is 0 Å². The van der Waals surface area contributed by atoms with E-state index in [0.29, 0.717) is 12.3 Å². The predicted molar refractivity (Wildman–Crippen MR) is 93.0 cm³/mol. The Morgan fingerprint density at radius 3 is 2.88 bits per heavy atom. The average molecular weight is 327 g/mol. The van der Waals surface area contributed by atoms with Crippen LogP contribution in [0.25, 0.3) is 0 Å². The summed E-state index contributed by atoms with van der Waals surface area (Å²) in [4.78, 5) is 28.6. The Hall–Kier alpha value is -1.88. The molecule has 3 aliphatic rings. The molecule has 0 aliphatic carbocycles. The summed E-state index contributed by atoms with van der Waals surface area (Å²) in [7, 11) is 0. The van der Waals surface area contributed by atoms with Gasteiger partial charge in [-0.1, -0.05) is 18.2 Å². The third kappa shape index (κ3) is 2.81. The van der Waals surface area contributed by atoms with E-state index in [9.17, 15) is 9.59 Å². The van der Waals surface area contributed by atoms with Crippen LogP contribution in [0.1, 0.15) is 43.6 Å². The van der Waals surface area contributed by atoms with E-state index in [2.05, 4.69) is 23.5 Å². The van der Waals surface area contributed by atoms with E-state index < -0.39 is 0 Å². The first-order chi connectivity index (χ1) is 11.7. The lowest BCUT2D eigenvalue weighted by atomic mass is 9.98. The van der Waals surface area contributed by atoms with Crippen molar-refractivity contribution in [1.82, 2.24) is 10.2 Å². The molecule has 0 aromatic heterocycles. The zero-order valence-corrected chi connectivity index (χ0v) is 14.0. The van der Waals surface area contributed by atoms with E-state index >= 15 is 0 Å². The third-order valence-corrected chi connectivity index (χ3v) is 5.61. The maximum Gasteiger partial charge on any atom is 0.244 e. The van der Waals surface area contributed by atoms with Gasteiger partial charge in [0.15, 0.2) is 0 Å². The number of carbonyl (C=O) groups excluding carboxylic acids is 2. The van der Waals surface area contributed by atoms with Crippen LogP contribution in [0, 0.1) is 0 Å². The first-order valence-corrected chi connectivity index (χ1v) is 9.15. The fourth-order valence-corrected chi connectivity index (χ4v) is 4.29. The quantitative estimate of drug-likeness (QED) is 0.919. The lowest BCUT2D eigenvalue weighted by molar-refractivity contribution is -0.127. The summed E-state index contributed by atoms with van der Waals surface area (Å²) < 4.78 is 0. The Kier molecular flexibility index (Phi) is 4.27. The average Bonchev–Trinajstić information content (AvgIpc) is 3.33. The fraction of sp³-hybridized carbons (Fsp3) is 0.579. The van der Waals surface area contributed by atoms with Crippen molar-refractivity contribution in [2.75, 3.05) is 31.1 Å². The van der Waals surface area contributed by atoms with Crippen LogP contribution in [-0.2, 0) is 9.59 Å². The molecule has 5 heteroatoms. The van der Waals surface area contributed by atoms with Gasteiger partial charge in [0.1, 0.15) is 0 Å². The number of benzene rings is 1. The van der Waals surface area contributed by atoms with Crippen molar-refractivity contribution >= 4 is 17.5 Å². The molecule has 0 radical (unpaired) electrons. The van der Waals surface area contributed by atoms with Crippen LogP contribution in [0.4, 0.5) is 5.69 Å². The molecule has 3 aliphatic heterocycles. The van der Waals surface area contributed by atoms with Gasteiger partial charge in [-0.3, -0.25) is 9.59 Å². The molecule has 3 heterocycles. The highest BCUT2D eigenvalue weighted by Gasteiger charge is 2.36. The molecule has 0 unspecified atom stereocenters. The van der Waals surface area contributed by atoms with Crippen LogP contribution in [0.15, 0.2) is 24.3 Å². The molecule has 5 nitrogen and oxygen atoms in total. The summed E-state index contributed by atoms with van der Waals surface area (Å²) in [6, 6.07) is 8.23. The van der Waals surface area contributed by atoms with E-state index in [0.717, 1.165) is 57.5 Å². The fourth-order valence-electron chi connectivity index (χ4n) is 4.29. The molecule has 1 aromatic rings. The highest BCUT2D eigenvalue weighted by Crippen LogP contribution is 2.38. The molecule has 0 spiro atoms. The highest BCUT2D eigenvalue weighted by molar-refractivity contribution is 5.99. The van der Waals surface area contributed by atoms with Crippen molar-refractivity contribution in [2.24, 2.45) is 0 Å². The molecular formula is C19H25N3O2. The molecule has 1 N–H and O–H groups in total. The SMILES string of the molecule is O=C1CCCN1CC[C@@H]1CN(C(=O)[C@H]2CCCN2)c2ccccc21. The van der Waals surface area contributed by atoms with Gasteiger partial charge in [0, 0.05) is 37.7 Å². The van der Waals surface area contributed by atoms with Gasteiger partial charge in [0.05, 0.1) is 6.04 Å². The van der Waals surface area contributed by atoms with E-state index in [1.807, 2.05) is 15.9 Å². The minimum Gasteiger partial charge on any atom is -0.343 e. The number of rotatable bonds is 4. The van der Waals surface area contributed by atoms with Crippen molar-refractivity contribution < 1.29 is 9.59 Å². The molecule has 0 bridgehead atoms. The van der Waals surface area contributed by atoms with E-state index in [-0.39, 0.29) is 17.9 Å². The Morgan fingerprint density at radius 2 is 2.12 bits per heavy atom. The number of hydrogen-bond donors (Lipinski definition) is 1. The molecule has 2 atom stereocenters. The van der Waals surface area contributed by atoms with Crippen LogP contribution in [0.2, 0.25) is 0 Å². The van der Waals surface area contributed by atoms with Gasteiger partial charge in [0.2, 0.25) is 11.8 Å². The first-order valence-electron chi connectivity index (χ1n) is 9.15. The monoisotopic (exact) mass is 327 g/mol. The Bertz CT molecular complexity index is 639. The number of para-hydroxylation sites is 1. The highest BCUT2D eigenvalue weighted by atomic mass is 16.2. The van der Waals surface area contributed by atoms with Gasteiger partial charge >= 0.3 is 0 Å². The summed E-state index contributed by atoms with van der Waals surface area (Å²) >= 11 is 0. The van der Waals surface area contributed by atoms with Crippen molar-refractivity contribution in [3.05, 3.63) is 29.8 Å². The largest absolute Gasteiger partial charge is 0.343 e. The number of anilines is 1. The smallest absolute Gasteiger partial charge is 0.244 e. The second kappa shape index (κ2) is 6.55. The maximum absolute atomic E-state index is 12.9. The summed E-state index contributed by atoms with van der Waals surface area (Å²) in [5.74, 6) is 0.823. The van der Waals surface area contributed by atoms with Gasteiger partial charge < -0.3 is 15.1 Å². The molecule has 0 saturated carbocycles. The molecule has 4 rings (SSSR count). The zero-order valence-electron chi connectivity index (χ0n) is 14.0. The summed E-state index contributed by atoms with van der Waals surface area (Å²) in [5.41, 5.74) is 2.32. The van der Waals surface area contributed by atoms with Crippen molar-refractivity contribution in [1.29, 1.82) is 0 Å². The van der Waals surface area contributed by atoms with Crippen molar-refractivity contribution in [3.8, 4) is 0 Å². The number of fused-ring (bicyclic) bond motifs is 1. The lowest BCUT2D eigenvalue weighted by Crippen LogP contribution is -2.43. The number of amides is 2. The molecule has 2 fully saturated rings. The number of likely N-dealkylation sites (tertiary alicyclic amines) is 1. The molecule has 24 heavy (non-hydrogen) atoms. The van der Waals surface area contributed by atoms with Gasteiger partial charge in [-0.05, 0) is 43.9 Å². The Morgan fingerprint density at radius 1 is 1.25 bits per heavy atom. The van der Waals surface area contributed by atoms with E-state index in [4.69, 9.17) is 0 Å². The van der Waals surface area contributed by atoms with Crippen LogP contribution in [-0.4, -0.2) is 48.9 Å². The van der Waals surface area contributed by atoms with Gasteiger partial charge in [-0.15, -0.1) is 0 Å². The molecule has 1 aromatic carbocycles. The number of nitrogens with one attached hydrogen (secondary N) is 1. The molecular weight excluding hydrogens is 302 g/mol. The number of hydrogen-bond acceptors (Lipinski definition) is 3. The molecule has 128 valence electrons. The standard InChI is InChI=1S/C19H25N3O2/c23-18-8-4-11-21(18)12-9-14-13-22(17-7-2-1-5-15(14)17)19(24)16-6-3-10-20-16/h1-2,5,7,14,16,20H,3-4,6,8-13H2/t14-,16-/m1/s1. The van der Waals surface area contributed by atoms with Crippen molar-refractivity contribution in [2.45, 2.75) is 44.1 Å². The Balaban J connectivity index is 1.48.